The minimum atomic E-state index is -2.24. The third-order valence-corrected chi connectivity index (χ3v) is 10.4. The summed E-state index contributed by atoms with van der Waals surface area (Å²) in [4.78, 5) is 11.7. The standard InChI is InChI=1S/C26H26O3Si/c1-30(23-11-4-2-5-12-23,24-13-6-3-7-14-24)25-15-9-8-10-20(25)16-17-22-18-21(27)19-26(28)29-22/h2-17,21-22,27H,18-19H2,1H3/t21-,22-/m1/s1. The van der Waals surface area contributed by atoms with Crippen LogP contribution in [0.1, 0.15) is 18.4 Å². The molecule has 0 unspecified atom stereocenters. The van der Waals surface area contributed by atoms with Crippen LogP contribution in [0, 0.1) is 0 Å². The quantitative estimate of drug-likeness (QED) is 0.397. The van der Waals surface area contributed by atoms with Crippen LogP contribution in [0.4, 0.5) is 0 Å². The van der Waals surface area contributed by atoms with Crippen molar-refractivity contribution in [2.75, 3.05) is 0 Å². The lowest BCUT2D eigenvalue weighted by atomic mass is 10.0. The Balaban J connectivity index is 1.78. The zero-order chi connectivity index (χ0) is 21.0. The number of esters is 1. The van der Waals surface area contributed by atoms with E-state index in [9.17, 15) is 9.90 Å². The van der Waals surface area contributed by atoms with Crippen molar-refractivity contribution in [1.82, 2.24) is 0 Å². The Morgan fingerprint density at radius 3 is 2.07 bits per heavy atom. The van der Waals surface area contributed by atoms with Gasteiger partial charge in [-0.2, -0.15) is 0 Å². The van der Waals surface area contributed by atoms with E-state index in [0.29, 0.717) is 6.42 Å². The number of aliphatic hydroxyl groups is 1. The SMILES string of the molecule is C[Si](c1ccccc1)(c1ccccc1)c1ccccc1C=C[C@@H]1C[C@@H](O)CC(=O)O1. The molecule has 2 atom stereocenters. The van der Waals surface area contributed by atoms with Gasteiger partial charge in [-0.25, -0.2) is 0 Å². The van der Waals surface area contributed by atoms with Gasteiger partial charge in [0.05, 0.1) is 12.5 Å². The van der Waals surface area contributed by atoms with Crippen LogP contribution in [0.2, 0.25) is 6.55 Å². The number of ether oxygens (including phenoxy) is 1. The van der Waals surface area contributed by atoms with Crippen LogP contribution in [0.3, 0.4) is 0 Å². The van der Waals surface area contributed by atoms with Gasteiger partial charge in [-0.3, -0.25) is 4.79 Å². The Bertz CT molecular complexity index is 991. The highest BCUT2D eigenvalue weighted by atomic mass is 28.3. The molecule has 3 aromatic carbocycles. The number of carbonyl (C=O) groups is 1. The maximum Gasteiger partial charge on any atom is 0.309 e. The lowest BCUT2D eigenvalue weighted by Crippen LogP contribution is -2.65. The van der Waals surface area contributed by atoms with Crippen molar-refractivity contribution in [3.05, 3.63) is 96.6 Å². The van der Waals surface area contributed by atoms with Gasteiger partial charge < -0.3 is 9.84 Å². The second-order valence-electron chi connectivity index (χ2n) is 7.93. The number of benzene rings is 3. The second-order valence-corrected chi connectivity index (χ2v) is 11.9. The Morgan fingerprint density at radius 2 is 1.47 bits per heavy atom. The molecule has 3 aromatic rings. The summed E-state index contributed by atoms with van der Waals surface area (Å²) < 4.78 is 5.40. The summed E-state index contributed by atoms with van der Waals surface area (Å²) in [7, 11) is -2.24. The fraction of sp³-hybridized carbons (Fsp3) is 0.192. The molecule has 0 aliphatic carbocycles. The van der Waals surface area contributed by atoms with Crippen LogP contribution in [0.5, 0.6) is 0 Å². The summed E-state index contributed by atoms with van der Waals surface area (Å²) >= 11 is 0. The summed E-state index contributed by atoms with van der Waals surface area (Å²) in [6.07, 6.45) is 3.44. The predicted octanol–water partition coefficient (Wildman–Crippen LogP) is 2.87. The van der Waals surface area contributed by atoms with E-state index in [1.165, 1.54) is 15.6 Å². The van der Waals surface area contributed by atoms with Crippen LogP contribution in [-0.4, -0.2) is 31.4 Å². The summed E-state index contributed by atoms with van der Waals surface area (Å²) in [5, 5.41) is 13.9. The minimum Gasteiger partial charge on any atom is -0.458 e. The highest BCUT2D eigenvalue weighted by Gasteiger charge is 2.35. The molecule has 30 heavy (non-hydrogen) atoms. The highest BCUT2D eigenvalue weighted by molar-refractivity contribution is 7.11. The van der Waals surface area contributed by atoms with E-state index in [2.05, 4.69) is 85.4 Å². The molecule has 0 spiro atoms. The van der Waals surface area contributed by atoms with Crippen LogP contribution in [0.15, 0.2) is 91.0 Å². The maximum atomic E-state index is 11.7. The molecule has 152 valence electrons. The molecule has 1 aliphatic heterocycles. The molecule has 3 nitrogen and oxygen atoms in total. The van der Waals surface area contributed by atoms with Gasteiger partial charge in [0.1, 0.15) is 14.2 Å². The van der Waals surface area contributed by atoms with Gasteiger partial charge in [0.2, 0.25) is 0 Å². The van der Waals surface area contributed by atoms with Crippen LogP contribution >= 0.6 is 0 Å². The van der Waals surface area contributed by atoms with Gasteiger partial charge in [0, 0.05) is 6.42 Å². The van der Waals surface area contributed by atoms with E-state index in [4.69, 9.17) is 4.74 Å². The molecule has 1 saturated heterocycles. The van der Waals surface area contributed by atoms with Gasteiger partial charge in [-0.1, -0.05) is 97.6 Å². The van der Waals surface area contributed by atoms with Crippen molar-refractivity contribution in [2.45, 2.75) is 31.6 Å². The monoisotopic (exact) mass is 414 g/mol. The number of carbonyl (C=O) groups excluding carboxylic acids is 1. The van der Waals surface area contributed by atoms with Crippen LogP contribution in [0.25, 0.3) is 6.08 Å². The summed E-state index contributed by atoms with van der Waals surface area (Å²) in [6, 6.07) is 29.9. The van der Waals surface area contributed by atoms with Crippen molar-refractivity contribution in [3.8, 4) is 0 Å². The maximum absolute atomic E-state index is 11.7. The molecule has 0 amide bonds. The van der Waals surface area contributed by atoms with Crippen molar-refractivity contribution in [2.24, 2.45) is 0 Å². The molecule has 4 heteroatoms. The normalized spacial score (nSPS) is 19.6. The Hall–Kier alpha value is -2.95. The molecular formula is C26H26O3Si. The average molecular weight is 415 g/mol. The molecule has 1 aliphatic rings. The van der Waals surface area contributed by atoms with E-state index >= 15 is 0 Å². The largest absolute Gasteiger partial charge is 0.458 e. The number of aliphatic hydroxyl groups excluding tert-OH is 1. The van der Waals surface area contributed by atoms with E-state index in [1.807, 2.05) is 18.2 Å². The molecular weight excluding hydrogens is 388 g/mol. The zero-order valence-electron chi connectivity index (χ0n) is 17.1. The average Bonchev–Trinajstić information content (AvgIpc) is 2.78. The van der Waals surface area contributed by atoms with Gasteiger partial charge in [0.15, 0.2) is 0 Å². The van der Waals surface area contributed by atoms with Crippen molar-refractivity contribution >= 4 is 35.7 Å². The topological polar surface area (TPSA) is 46.5 Å². The van der Waals surface area contributed by atoms with Gasteiger partial charge in [-0.15, -0.1) is 0 Å². The fourth-order valence-electron chi connectivity index (χ4n) is 4.26. The summed E-state index contributed by atoms with van der Waals surface area (Å²) in [5.41, 5.74) is 1.12. The Kier molecular flexibility index (Phi) is 5.97. The Morgan fingerprint density at radius 1 is 0.900 bits per heavy atom. The lowest BCUT2D eigenvalue weighted by molar-refractivity contribution is -0.156. The fourth-order valence-corrected chi connectivity index (χ4v) is 8.10. The molecule has 4 rings (SSSR count). The molecule has 1 N–H and O–H groups in total. The number of hydrogen-bond donors (Lipinski definition) is 1. The molecule has 0 bridgehead atoms. The summed E-state index contributed by atoms with van der Waals surface area (Å²) in [6.45, 7) is 2.38. The van der Waals surface area contributed by atoms with E-state index in [1.54, 1.807) is 0 Å². The smallest absolute Gasteiger partial charge is 0.309 e. The predicted molar refractivity (Wildman–Crippen MR) is 124 cm³/mol. The first-order valence-electron chi connectivity index (χ1n) is 10.3. The molecule has 1 heterocycles. The third kappa shape index (κ3) is 4.15. The van der Waals surface area contributed by atoms with Crippen LogP contribution < -0.4 is 15.6 Å². The van der Waals surface area contributed by atoms with Crippen molar-refractivity contribution in [3.63, 3.8) is 0 Å². The van der Waals surface area contributed by atoms with E-state index < -0.39 is 20.3 Å². The van der Waals surface area contributed by atoms with Crippen LogP contribution in [-0.2, 0) is 9.53 Å². The van der Waals surface area contributed by atoms with Gasteiger partial charge in [-0.05, 0) is 27.2 Å². The first kappa shape index (κ1) is 20.3. The first-order chi connectivity index (χ1) is 14.6. The lowest BCUT2D eigenvalue weighted by Gasteiger charge is -2.31. The number of rotatable bonds is 5. The second kappa shape index (κ2) is 8.82. The zero-order valence-corrected chi connectivity index (χ0v) is 18.1. The highest BCUT2D eigenvalue weighted by Crippen LogP contribution is 2.18. The molecule has 0 saturated carbocycles. The first-order valence-corrected chi connectivity index (χ1v) is 12.8. The molecule has 1 fully saturated rings. The third-order valence-electron chi connectivity index (χ3n) is 5.88. The number of cyclic esters (lactones) is 1. The van der Waals surface area contributed by atoms with E-state index in [-0.39, 0.29) is 12.4 Å². The van der Waals surface area contributed by atoms with Gasteiger partial charge >= 0.3 is 5.97 Å². The molecule has 0 radical (unpaired) electrons. The number of hydrogen-bond acceptors (Lipinski definition) is 3. The van der Waals surface area contributed by atoms with Crippen molar-refractivity contribution < 1.29 is 14.6 Å². The van der Waals surface area contributed by atoms with Crippen molar-refractivity contribution in [1.29, 1.82) is 0 Å². The van der Waals surface area contributed by atoms with Gasteiger partial charge in [0.25, 0.3) is 0 Å². The minimum absolute atomic E-state index is 0.0773. The Labute approximate surface area is 178 Å². The molecule has 0 aromatic heterocycles. The van der Waals surface area contributed by atoms with E-state index in [0.717, 1.165) is 5.56 Å². The summed E-state index contributed by atoms with van der Waals surface area (Å²) in [5.74, 6) is -0.343.